The van der Waals surface area contributed by atoms with E-state index in [0.717, 1.165) is 12.8 Å². The molecule has 0 unspecified atom stereocenters. The van der Waals surface area contributed by atoms with Crippen molar-refractivity contribution in [2.24, 2.45) is 0 Å². The van der Waals surface area contributed by atoms with E-state index in [4.69, 9.17) is 0 Å². The molecule has 0 aliphatic heterocycles. The Kier molecular flexibility index (Phi) is 3.30. The summed E-state index contributed by atoms with van der Waals surface area (Å²) in [7, 11) is -3.36. The third kappa shape index (κ3) is 2.13. The largest absolute Gasteiger partial charge is 0.392 e. The van der Waals surface area contributed by atoms with Gasteiger partial charge in [-0.15, -0.1) is 0 Å². The van der Waals surface area contributed by atoms with Gasteiger partial charge in [-0.1, -0.05) is 31.0 Å². The maximum absolute atomic E-state index is 12.2. The smallest absolute Gasteiger partial charge is 0.183 e. The SMILES string of the molecule is O=S(=O)(c1ccccc1)[C@H]1CCCC[C@H]1O. The summed E-state index contributed by atoms with van der Waals surface area (Å²) >= 11 is 0. The van der Waals surface area contributed by atoms with E-state index in [1.807, 2.05) is 0 Å². The number of sulfone groups is 1. The van der Waals surface area contributed by atoms with Crippen LogP contribution < -0.4 is 0 Å². The molecular formula is C12H16O3S. The predicted molar refractivity (Wildman–Crippen MR) is 61.9 cm³/mol. The van der Waals surface area contributed by atoms with Crippen LogP contribution in [0.5, 0.6) is 0 Å². The molecule has 0 aromatic heterocycles. The highest BCUT2D eigenvalue weighted by Gasteiger charge is 2.35. The van der Waals surface area contributed by atoms with Gasteiger partial charge in [0.1, 0.15) is 0 Å². The topological polar surface area (TPSA) is 54.4 Å². The lowest BCUT2D eigenvalue weighted by molar-refractivity contribution is 0.133. The molecule has 16 heavy (non-hydrogen) atoms. The molecule has 0 bridgehead atoms. The molecule has 3 nitrogen and oxygen atoms in total. The van der Waals surface area contributed by atoms with Crippen LogP contribution in [0.4, 0.5) is 0 Å². The van der Waals surface area contributed by atoms with Crippen LogP contribution in [0, 0.1) is 0 Å². The molecule has 1 saturated carbocycles. The Bertz CT molecular complexity index is 439. The summed E-state index contributed by atoms with van der Waals surface area (Å²) in [5.74, 6) is 0. The Balaban J connectivity index is 2.32. The Hall–Kier alpha value is -0.870. The molecule has 1 N–H and O–H groups in total. The molecule has 1 aliphatic rings. The van der Waals surface area contributed by atoms with Crippen molar-refractivity contribution in [1.82, 2.24) is 0 Å². The second kappa shape index (κ2) is 4.55. The summed E-state index contributed by atoms with van der Waals surface area (Å²) in [5, 5.41) is 9.17. The number of rotatable bonds is 2. The minimum Gasteiger partial charge on any atom is -0.392 e. The van der Waals surface area contributed by atoms with Crippen molar-refractivity contribution in [2.45, 2.75) is 41.9 Å². The summed E-state index contributed by atoms with van der Waals surface area (Å²) in [5.41, 5.74) is 0. The first kappa shape index (κ1) is 11.6. The summed E-state index contributed by atoms with van der Waals surface area (Å²) in [4.78, 5) is 0.320. The van der Waals surface area contributed by atoms with E-state index in [9.17, 15) is 13.5 Å². The molecule has 1 aromatic carbocycles. The van der Waals surface area contributed by atoms with E-state index in [2.05, 4.69) is 0 Å². The van der Waals surface area contributed by atoms with Crippen molar-refractivity contribution >= 4 is 9.84 Å². The van der Waals surface area contributed by atoms with Crippen LogP contribution in [0.1, 0.15) is 25.7 Å². The Morgan fingerprint density at radius 1 is 1.06 bits per heavy atom. The molecule has 88 valence electrons. The Labute approximate surface area is 96.0 Å². The fourth-order valence-corrected chi connectivity index (χ4v) is 4.14. The van der Waals surface area contributed by atoms with Gasteiger partial charge in [-0.05, 0) is 25.0 Å². The van der Waals surface area contributed by atoms with Crippen molar-refractivity contribution in [1.29, 1.82) is 0 Å². The van der Waals surface area contributed by atoms with Gasteiger partial charge in [0.05, 0.1) is 16.2 Å². The lowest BCUT2D eigenvalue weighted by atomic mass is 9.97. The monoisotopic (exact) mass is 240 g/mol. The van der Waals surface area contributed by atoms with Crippen LogP contribution in [0.15, 0.2) is 35.2 Å². The number of hydrogen-bond acceptors (Lipinski definition) is 3. The molecule has 1 aromatic rings. The highest BCUT2D eigenvalue weighted by atomic mass is 32.2. The minimum absolute atomic E-state index is 0.320. The van der Waals surface area contributed by atoms with Crippen LogP contribution in [0.25, 0.3) is 0 Å². The first-order valence-electron chi connectivity index (χ1n) is 5.59. The third-order valence-corrected chi connectivity index (χ3v) is 5.41. The fourth-order valence-electron chi connectivity index (χ4n) is 2.22. The van der Waals surface area contributed by atoms with Gasteiger partial charge in [0, 0.05) is 0 Å². The molecule has 0 heterocycles. The molecule has 2 atom stereocenters. The molecule has 1 fully saturated rings. The van der Waals surface area contributed by atoms with Gasteiger partial charge in [0.25, 0.3) is 0 Å². The van der Waals surface area contributed by atoms with Gasteiger partial charge in [-0.25, -0.2) is 8.42 Å². The zero-order chi connectivity index (χ0) is 11.6. The Morgan fingerprint density at radius 3 is 2.31 bits per heavy atom. The maximum Gasteiger partial charge on any atom is 0.183 e. The van der Waals surface area contributed by atoms with Gasteiger partial charge in [-0.3, -0.25) is 0 Å². The van der Waals surface area contributed by atoms with Gasteiger partial charge < -0.3 is 5.11 Å². The zero-order valence-corrected chi connectivity index (χ0v) is 9.86. The van der Waals surface area contributed by atoms with Gasteiger partial charge in [0.15, 0.2) is 9.84 Å². The van der Waals surface area contributed by atoms with Crippen molar-refractivity contribution in [3.63, 3.8) is 0 Å². The van der Waals surface area contributed by atoms with E-state index in [1.54, 1.807) is 30.3 Å². The van der Waals surface area contributed by atoms with Gasteiger partial charge >= 0.3 is 0 Å². The van der Waals surface area contributed by atoms with Crippen molar-refractivity contribution in [2.75, 3.05) is 0 Å². The van der Waals surface area contributed by atoms with Crippen LogP contribution in [0.2, 0.25) is 0 Å². The number of hydrogen-bond donors (Lipinski definition) is 1. The maximum atomic E-state index is 12.2. The minimum atomic E-state index is -3.36. The molecule has 0 amide bonds. The van der Waals surface area contributed by atoms with Crippen molar-refractivity contribution in [3.05, 3.63) is 30.3 Å². The first-order valence-corrected chi connectivity index (χ1v) is 7.14. The quantitative estimate of drug-likeness (QED) is 0.857. The second-order valence-electron chi connectivity index (χ2n) is 4.25. The van der Waals surface area contributed by atoms with Crippen LogP contribution in [0.3, 0.4) is 0 Å². The standard InChI is InChI=1S/C12H16O3S/c13-11-8-4-5-9-12(11)16(14,15)10-6-2-1-3-7-10/h1-3,6-7,11-13H,4-5,8-9H2/t11-,12+/m1/s1. The lowest BCUT2D eigenvalue weighted by Crippen LogP contribution is -2.36. The van der Waals surface area contributed by atoms with Gasteiger partial charge in [-0.2, -0.15) is 0 Å². The lowest BCUT2D eigenvalue weighted by Gasteiger charge is -2.27. The highest BCUT2D eigenvalue weighted by Crippen LogP contribution is 2.28. The number of aliphatic hydroxyl groups is 1. The van der Waals surface area contributed by atoms with E-state index < -0.39 is 21.2 Å². The van der Waals surface area contributed by atoms with Crippen LogP contribution in [-0.2, 0) is 9.84 Å². The Morgan fingerprint density at radius 2 is 1.69 bits per heavy atom. The summed E-state index contributed by atoms with van der Waals surface area (Å²) in [6, 6.07) is 8.40. The average Bonchev–Trinajstić information content (AvgIpc) is 2.30. The summed E-state index contributed by atoms with van der Waals surface area (Å²) in [6.07, 6.45) is 2.25. The van der Waals surface area contributed by atoms with E-state index in [0.29, 0.717) is 17.7 Å². The van der Waals surface area contributed by atoms with E-state index >= 15 is 0 Å². The van der Waals surface area contributed by atoms with Crippen LogP contribution in [-0.4, -0.2) is 24.9 Å². The molecule has 4 heteroatoms. The number of aliphatic hydroxyl groups excluding tert-OH is 1. The van der Waals surface area contributed by atoms with E-state index in [-0.39, 0.29) is 0 Å². The predicted octanol–water partition coefficient (Wildman–Crippen LogP) is 1.76. The highest BCUT2D eigenvalue weighted by molar-refractivity contribution is 7.92. The third-order valence-electron chi connectivity index (χ3n) is 3.14. The molecule has 0 radical (unpaired) electrons. The van der Waals surface area contributed by atoms with Crippen molar-refractivity contribution < 1.29 is 13.5 Å². The molecule has 1 aliphatic carbocycles. The molecule has 2 rings (SSSR count). The number of benzene rings is 1. The van der Waals surface area contributed by atoms with Crippen molar-refractivity contribution in [3.8, 4) is 0 Å². The average molecular weight is 240 g/mol. The van der Waals surface area contributed by atoms with E-state index in [1.165, 1.54) is 0 Å². The van der Waals surface area contributed by atoms with Crippen LogP contribution >= 0.6 is 0 Å². The summed E-state index contributed by atoms with van der Waals surface area (Å²) in [6.45, 7) is 0. The first-order chi connectivity index (χ1) is 7.62. The molecule has 0 spiro atoms. The molecular weight excluding hydrogens is 224 g/mol. The zero-order valence-electron chi connectivity index (χ0n) is 9.04. The fraction of sp³-hybridized carbons (Fsp3) is 0.500. The normalized spacial score (nSPS) is 26.6. The second-order valence-corrected chi connectivity index (χ2v) is 6.42. The summed E-state index contributed by atoms with van der Waals surface area (Å²) < 4.78 is 24.5. The van der Waals surface area contributed by atoms with Gasteiger partial charge in [0.2, 0.25) is 0 Å². The molecule has 0 saturated heterocycles.